The first-order valence-corrected chi connectivity index (χ1v) is 15.3. The van der Waals surface area contributed by atoms with Gasteiger partial charge in [0, 0.05) is 37.6 Å². The summed E-state index contributed by atoms with van der Waals surface area (Å²) in [4.78, 5) is 40.7. The van der Waals surface area contributed by atoms with E-state index in [0.717, 1.165) is 16.7 Å². The summed E-state index contributed by atoms with van der Waals surface area (Å²) >= 11 is 0. The molecule has 0 aliphatic carbocycles. The number of carboxylic acid groups (broad SMARTS) is 1. The molecule has 1 aromatic heterocycles. The number of nitrogens with zero attached hydrogens (tertiary/aromatic N) is 2. The molecule has 2 N–H and O–H groups in total. The van der Waals surface area contributed by atoms with E-state index in [4.69, 9.17) is 4.74 Å². The summed E-state index contributed by atoms with van der Waals surface area (Å²) in [5.74, 6) is -5.10. The molecule has 2 aliphatic rings. The third-order valence-electron chi connectivity index (χ3n) is 9.38. The number of ether oxygens (including phenoxy) is 1. The number of aliphatic carboxylic acids is 1. The lowest BCUT2D eigenvalue weighted by atomic mass is 9.77. The van der Waals surface area contributed by atoms with Crippen LogP contribution in [0, 0.1) is 17.0 Å². The molecule has 0 radical (unpaired) electrons. The second-order valence-corrected chi connectivity index (χ2v) is 12.6. The fraction of sp³-hybridized carbons (Fsp3) is 0.250. The quantitative estimate of drug-likeness (QED) is 0.208. The number of nitrogens with one attached hydrogen (secondary N) is 1. The van der Waals surface area contributed by atoms with Gasteiger partial charge in [0.1, 0.15) is 23.2 Å². The van der Waals surface area contributed by atoms with Crippen molar-refractivity contribution in [1.29, 1.82) is 0 Å². The number of aromatic nitrogens is 1. The number of hydrogen-bond acceptors (Lipinski definition) is 5. The minimum absolute atomic E-state index is 0.0175. The van der Waals surface area contributed by atoms with Gasteiger partial charge in [0.05, 0.1) is 35.3 Å². The highest BCUT2D eigenvalue weighted by Gasteiger charge is 2.49. The molecule has 0 unspecified atom stereocenters. The van der Waals surface area contributed by atoms with Crippen LogP contribution in [0.15, 0.2) is 77.6 Å². The summed E-state index contributed by atoms with van der Waals surface area (Å²) in [7, 11) is 1.38. The molecule has 2 aliphatic heterocycles. The Hall–Kier alpha value is -5.30. The van der Waals surface area contributed by atoms with E-state index < -0.39 is 58.0 Å². The molecule has 2 fully saturated rings. The van der Waals surface area contributed by atoms with Gasteiger partial charge in [-0.25, -0.2) is 13.6 Å². The zero-order chi connectivity index (χ0) is 34.8. The zero-order valence-corrected chi connectivity index (χ0v) is 25.9. The van der Waals surface area contributed by atoms with Crippen molar-refractivity contribution in [1.82, 2.24) is 9.88 Å². The smallest absolute Gasteiger partial charge is 0.417 e. The molecule has 1 atom stereocenters. The predicted molar refractivity (Wildman–Crippen MR) is 172 cm³/mol. The number of hydrogen-bond donors (Lipinski definition) is 2. The first-order valence-electron chi connectivity index (χ1n) is 15.3. The van der Waals surface area contributed by atoms with E-state index in [0.29, 0.717) is 37.3 Å². The van der Waals surface area contributed by atoms with Crippen molar-refractivity contribution in [2.45, 2.75) is 18.6 Å². The van der Waals surface area contributed by atoms with E-state index in [1.807, 2.05) is 0 Å². The molecule has 0 saturated carbocycles. The molecule has 3 heterocycles. The number of carboxylic acids is 1. The molecule has 1 amide bonds. The molecule has 2 saturated heterocycles. The summed E-state index contributed by atoms with van der Waals surface area (Å²) in [6.45, 7) is 2.25. The average Bonchev–Trinajstić information content (AvgIpc) is 3.00. The second-order valence-electron chi connectivity index (χ2n) is 12.6. The molecule has 0 bridgehead atoms. The van der Waals surface area contributed by atoms with Gasteiger partial charge in [-0.15, -0.1) is 0 Å². The number of aryl methyl sites for hydroxylation is 1. The number of anilines is 1. The number of carbonyl (C=O) groups is 2. The highest BCUT2D eigenvalue weighted by Crippen LogP contribution is 2.43. The number of alkyl halides is 3. The lowest BCUT2D eigenvalue weighted by molar-refractivity contribution is -0.139. The van der Waals surface area contributed by atoms with E-state index >= 15 is 8.78 Å². The number of halogens is 5. The fourth-order valence-electron chi connectivity index (χ4n) is 6.94. The molecule has 8 nitrogen and oxygen atoms in total. The molecule has 7 rings (SSSR count). The third kappa shape index (κ3) is 5.47. The van der Waals surface area contributed by atoms with Gasteiger partial charge in [0.2, 0.25) is 0 Å². The summed E-state index contributed by atoms with van der Waals surface area (Å²) in [6.07, 6.45) is -5.28. The average molecular weight is 678 g/mol. The number of benzene rings is 4. The van der Waals surface area contributed by atoms with Crippen LogP contribution in [0.5, 0.6) is 0 Å². The van der Waals surface area contributed by atoms with Crippen molar-refractivity contribution >= 4 is 39.2 Å². The molecule has 252 valence electrons. The van der Waals surface area contributed by atoms with Crippen LogP contribution in [0.3, 0.4) is 0 Å². The van der Waals surface area contributed by atoms with E-state index in [2.05, 4.69) is 5.32 Å². The van der Waals surface area contributed by atoms with Crippen LogP contribution in [0.25, 0.3) is 32.8 Å². The van der Waals surface area contributed by atoms with Crippen molar-refractivity contribution in [2.24, 2.45) is 12.5 Å². The van der Waals surface area contributed by atoms with Gasteiger partial charge in [-0.2, -0.15) is 13.2 Å². The van der Waals surface area contributed by atoms with Gasteiger partial charge < -0.3 is 24.6 Å². The Morgan fingerprint density at radius 1 is 0.939 bits per heavy atom. The SMILES string of the molecule is Cn1c(=O)c(-c2cccc3c(C[C@H](NC(=O)c4c(F)cc(N5CC6(COC6)C5)cc4F)C(=O)O)cccc23)c(C(F)(F)F)c2ccccc21. The highest BCUT2D eigenvalue weighted by molar-refractivity contribution is 6.02. The van der Waals surface area contributed by atoms with Crippen molar-refractivity contribution in [3.05, 3.63) is 111 Å². The third-order valence-corrected chi connectivity index (χ3v) is 9.38. The van der Waals surface area contributed by atoms with Crippen molar-refractivity contribution in [3.8, 4) is 11.1 Å². The maximum absolute atomic E-state index is 15.1. The highest BCUT2D eigenvalue weighted by atomic mass is 19.4. The van der Waals surface area contributed by atoms with Crippen LogP contribution in [-0.2, 0) is 29.2 Å². The zero-order valence-electron chi connectivity index (χ0n) is 25.9. The Balaban J connectivity index is 1.22. The van der Waals surface area contributed by atoms with Crippen LogP contribution in [0.1, 0.15) is 21.5 Å². The monoisotopic (exact) mass is 677 g/mol. The Labute approximate surface area is 275 Å². The number of amides is 1. The molecule has 13 heteroatoms. The first kappa shape index (κ1) is 32.3. The lowest BCUT2D eigenvalue weighted by Crippen LogP contribution is -2.66. The van der Waals surface area contributed by atoms with Gasteiger partial charge in [-0.3, -0.25) is 9.59 Å². The summed E-state index contributed by atoms with van der Waals surface area (Å²) in [5.41, 5.74) is -2.86. The predicted octanol–water partition coefficient (Wildman–Crippen LogP) is 5.92. The van der Waals surface area contributed by atoms with Crippen molar-refractivity contribution in [3.63, 3.8) is 0 Å². The van der Waals surface area contributed by atoms with Gasteiger partial charge in [0.15, 0.2) is 0 Å². The Kier molecular flexibility index (Phi) is 7.70. The molecule has 4 aromatic carbocycles. The standard InChI is InChI=1S/C36H28F5N3O5/c1-43-28-11-3-2-7-24(28)31(36(39,40)41)29(33(43)46)23-10-5-8-21-19(6-4-9-22(21)23)12-27(34(47)48)42-32(45)30-25(37)13-20(14-26(30)38)44-15-35(16-44)17-49-18-35/h2-11,13-14,27H,12,15-18H2,1H3,(H,42,45)(H,47,48)/t27-/m0/s1. The van der Waals surface area contributed by atoms with Crippen LogP contribution in [0.4, 0.5) is 27.6 Å². The lowest BCUT2D eigenvalue weighted by Gasteiger charge is -2.56. The minimum Gasteiger partial charge on any atom is -0.480 e. The van der Waals surface area contributed by atoms with Crippen LogP contribution < -0.4 is 15.8 Å². The van der Waals surface area contributed by atoms with Crippen molar-refractivity contribution < 1.29 is 41.4 Å². The van der Waals surface area contributed by atoms with Gasteiger partial charge >= 0.3 is 12.1 Å². The van der Waals surface area contributed by atoms with Gasteiger partial charge in [0.25, 0.3) is 11.5 Å². The topological polar surface area (TPSA) is 101 Å². The maximum Gasteiger partial charge on any atom is 0.417 e. The van der Waals surface area contributed by atoms with Gasteiger partial charge in [-0.05, 0) is 40.1 Å². The fourth-order valence-corrected chi connectivity index (χ4v) is 6.94. The number of para-hydroxylation sites is 1. The van der Waals surface area contributed by atoms with E-state index in [1.165, 1.54) is 61.6 Å². The number of fused-ring (bicyclic) bond motifs is 2. The van der Waals surface area contributed by atoms with E-state index in [9.17, 15) is 32.7 Å². The normalized spacial score (nSPS) is 16.0. The number of carbonyl (C=O) groups excluding carboxylic acids is 1. The summed E-state index contributed by atoms with van der Waals surface area (Å²) in [5, 5.41) is 12.6. The Morgan fingerprint density at radius 2 is 1.57 bits per heavy atom. The van der Waals surface area contributed by atoms with Gasteiger partial charge in [-0.1, -0.05) is 54.6 Å². The Morgan fingerprint density at radius 3 is 2.20 bits per heavy atom. The second kappa shape index (κ2) is 11.7. The molecule has 5 aromatic rings. The van der Waals surface area contributed by atoms with Crippen LogP contribution >= 0.6 is 0 Å². The minimum atomic E-state index is -4.90. The van der Waals surface area contributed by atoms with Crippen molar-refractivity contribution in [2.75, 3.05) is 31.2 Å². The van der Waals surface area contributed by atoms with Crippen LogP contribution in [-0.4, -0.2) is 53.9 Å². The molecular formula is C36H28F5N3O5. The largest absolute Gasteiger partial charge is 0.480 e. The van der Waals surface area contributed by atoms with Crippen LogP contribution in [0.2, 0.25) is 0 Å². The molecule has 1 spiro atoms. The maximum atomic E-state index is 15.1. The Bertz CT molecular complexity index is 2210. The first-order chi connectivity index (χ1) is 23.3. The van der Waals surface area contributed by atoms with E-state index in [-0.39, 0.29) is 39.4 Å². The summed E-state index contributed by atoms with van der Waals surface area (Å²) in [6, 6.07) is 15.0. The number of pyridine rings is 1. The number of rotatable bonds is 7. The van der Waals surface area contributed by atoms with E-state index in [1.54, 1.807) is 11.0 Å². The summed E-state index contributed by atoms with van der Waals surface area (Å²) < 4.78 is 80.6. The molecule has 49 heavy (non-hydrogen) atoms. The molecular weight excluding hydrogens is 649 g/mol.